The molecule has 0 aliphatic carbocycles. The Hall–Kier alpha value is -1.17. The largest absolute Gasteiger partial charge is 0.326 e. The summed E-state index contributed by atoms with van der Waals surface area (Å²) in [5.74, 6) is 0. The van der Waals surface area contributed by atoms with Crippen molar-refractivity contribution >= 4 is 21.2 Å². The van der Waals surface area contributed by atoms with E-state index in [9.17, 15) is 8.42 Å². The molecule has 0 amide bonds. The van der Waals surface area contributed by atoms with E-state index >= 15 is 0 Å². The maximum Gasteiger partial charge on any atom is 0.175 e. The van der Waals surface area contributed by atoms with Crippen molar-refractivity contribution < 1.29 is 8.42 Å². The van der Waals surface area contributed by atoms with E-state index < -0.39 is 9.84 Å². The predicted molar refractivity (Wildman–Crippen MR) is 70.8 cm³/mol. The Kier molecular flexibility index (Phi) is 3.33. The third-order valence-electron chi connectivity index (χ3n) is 2.43. The second-order valence-corrected chi connectivity index (χ2v) is 6.95. The van der Waals surface area contributed by atoms with Gasteiger partial charge < -0.3 is 5.73 Å². The lowest BCUT2D eigenvalue weighted by atomic mass is 10.2. The van der Waals surface area contributed by atoms with E-state index in [1.54, 1.807) is 23.5 Å². The Morgan fingerprint density at radius 2 is 1.76 bits per heavy atom. The van der Waals surface area contributed by atoms with Crippen molar-refractivity contribution in [3.8, 4) is 10.4 Å². The molecule has 0 atom stereocenters. The van der Waals surface area contributed by atoms with Gasteiger partial charge in [0.15, 0.2) is 9.84 Å². The van der Waals surface area contributed by atoms with Crippen LogP contribution in [0.3, 0.4) is 0 Å². The molecule has 0 saturated heterocycles. The molecular weight excluding hydrogens is 254 g/mol. The standard InChI is InChI=1S/C12H13NO2S2/c1-17(14,15)11-5-2-9(3-6-11)12-7-4-10(8-13)16-12/h2-7H,8,13H2,1H3. The highest BCUT2D eigenvalue weighted by atomic mass is 32.2. The Labute approximate surface area is 105 Å². The minimum atomic E-state index is -3.12. The van der Waals surface area contributed by atoms with Gasteiger partial charge in [0.25, 0.3) is 0 Å². The van der Waals surface area contributed by atoms with E-state index in [4.69, 9.17) is 5.73 Å². The number of hydrogen-bond donors (Lipinski definition) is 1. The Morgan fingerprint density at radius 1 is 1.12 bits per heavy atom. The van der Waals surface area contributed by atoms with E-state index in [1.165, 1.54) is 6.26 Å². The molecule has 0 fully saturated rings. The topological polar surface area (TPSA) is 60.2 Å². The molecular formula is C12H13NO2S2. The van der Waals surface area contributed by atoms with Gasteiger partial charge in [0.1, 0.15) is 0 Å². The molecule has 0 radical (unpaired) electrons. The van der Waals surface area contributed by atoms with Gasteiger partial charge in [-0.05, 0) is 29.8 Å². The number of rotatable bonds is 3. The third-order valence-corrected chi connectivity index (χ3v) is 4.71. The van der Waals surface area contributed by atoms with Gasteiger partial charge in [0.2, 0.25) is 0 Å². The molecule has 1 aromatic carbocycles. The second-order valence-electron chi connectivity index (χ2n) is 3.77. The van der Waals surface area contributed by atoms with Gasteiger partial charge in [-0.2, -0.15) is 0 Å². The van der Waals surface area contributed by atoms with E-state index in [2.05, 4.69) is 0 Å². The fraction of sp³-hybridized carbons (Fsp3) is 0.167. The van der Waals surface area contributed by atoms with Crippen molar-refractivity contribution in [2.45, 2.75) is 11.4 Å². The van der Waals surface area contributed by atoms with Crippen LogP contribution in [0.25, 0.3) is 10.4 Å². The summed E-state index contributed by atoms with van der Waals surface area (Å²) >= 11 is 1.62. The zero-order chi connectivity index (χ0) is 12.5. The summed E-state index contributed by atoms with van der Waals surface area (Å²) in [6, 6.07) is 10.9. The molecule has 0 aliphatic rings. The fourth-order valence-electron chi connectivity index (χ4n) is 1.51. The van der Waals surface area contributed by atoms with Crippen molar-refractivity contribution in [3.05, 3.63) is 41.3 Å². The van der Waals surface area contributed by atoms with Gasteiger partial charge in [0, 0.05) is 22.6 Å². The van der Waals surface area contributed by atoms with Crippen LogP contribution in [-0.4, -0.2) is 14.7 Å². The van der Waals surface area contributed by atoms with Gasteiger partial charge >= 0.3 is 0 Å². The lowest BCUT2D eigenvalue weighted by Crippen LogP contribution is -1.95. The number of sulfone groups is 1. The third kappa shape index (κ3) is 2.74. The number of thiophene rings is 1. The maximum atomic E-state index is 11.3. The monoisotopic (exact) mass is 267 g/mol. The molecule has 0 aliphatic heterocycles. The minimum absolute atomic E-state index is 0.344. The number of hydrogen-bond acceptors (Lipinski definition) is 4. The summed E-state index contributed by atoms with van der Waals surface area (Å²) in [4.78, 5) is 2.56. The van der Waals surface area contributed by atoms with Crippen LogP contribution in [0.2, 0.25) is 0 Å². The summed E-state index contributed by atoms with van der Waals surface area (Å²) < 4.78 is 22.6. The Bertz CT molecular complexity index is 612. The highest BCUT2D eigenvalue weighted by molar-refractivity contribution is 7.90. The van der Waals surface area contributed by atoms with Crippen LogP contribution in [0.4, 0.5) is 0 Å². The first-order chi connectivity index (χ1) is 8.00. The molecule has 3 nitrogen and oxygen atoms in total. The lowest BCUT2D eigenvalue weighted by Gasteiger charge is -2.00. The van der Waals surface area contributed by atoms with Gasteiger partial charge in [-0.25, -0.2) is 8.42 Å². The van der Waals surface area contributed by atoms with Crippen LogP contribution in [0.5, 0.6) is 0 Å². The predicted octanol–water partition coefficient (Wildman–Crippen LogP) is 2.28. The van der Waals surface area contributed by atoms with Crippen molar-refractivity contribution in [2.24, 2.45) is 5.73 Å². The van der Waals surface area contributed by atoms with Crippen molar-refractivity contribution in [1.29, 1.82) is 0 Å². The molecule has 0 bridgehead atoms. The van der Waals surface area contributed by atoms with Gasteiger partial charge in [-0.3, -0.25) is 0 Å². The molecule has 5 heteroatoms. The van der Waals surface area contributed by atoms with Crippen LogP contribution in [0.15, 0.2) is 41.3 Å². The summed E-state index contributed by atoms with van der Waals surface area (Å²) in [7, 11) is -3.12. The molecule has 0 unspecified atom stereocenters. The van der Waals surface area contributed by atoms with E-state index in [0.717, 1.165) is 15.3 Å². The van der Waals surface area contributed by atoms with Crippen molar-refractivity contribution in [2.75, 3.05) is 6.26 Å². The second kappa shape index (κ2) is 4.60. The number of benzene rings is 1. The molecule has 1 heterocycles. The summed E-state index contributed by atoms with van der Waals surface area (Å²) in [6.45, 7) is 0.534. The summed E-state index contributed by atoms with van der Waals surface area (Å²) in [5, 5.41) is 0. The van der Waals surface area contributed by atoms with E-state index in [-0.39, 0.29) is 0 Å². The van der Waals surface area contributed by atoms with Crippen LogP contribution >= 0.6 is 11.3 Å². The molecule has 1 aromatic heterocycles. The van der Waals surface area contributed by atoms with Crippen molar-refractivity contribution in [1.82, 2.24) is 0 Å². The maximum absolute atomic E-state index is 11.3. The molecule has 17 heavy (non-hydrogen) atoms. The molecule has 2 aromatic rings. The van der Waals surface area contributed by atoms with Crippen LogP contribution in [0, 0.1) is 0 Å². The molecule has 90 valence electrons. The van der Waals surface area contributed by atoms with Crippen LogP contribution in [-0.2, 0) is 16.4 Å². The van der Waals surface area contributed by atoms with Gasteiger partial charge in [-0.1, -0.05) is 12.1 Å². The zero-order valence-corrected chi connectivity index (χ0v) is 11.0. The van der Waals surface area contributed by atoms with Gasteiger partial charge in [0.05, 0.1) is 4.90 Å². The summed E-state index contributed by atoms with van der Waals surface area (Å²) in [6.07, 6.45) is 1.21. The Morgan fingerprint density at radius 3 is 2.24 bits per heavy atom. The average Bonchev–Trinajstić information content (AvgIpc) is 2.76. The minimum Gasteiger partial charge on any atom is -0.326 e. The first-order valence-electron chi connectivity index (χ1n) is 5.10. The number of nitrogens with two attached hydrogens (primary N) is 1. The normalized spacial score (nSPS) is 11.6. The quantitative estimate of drug-likeness (QED) is 0.928. The summed E-state index contributed by atoms with van der Waals surface area (Å²) in [5.41, 5.74) is 6.57. The Balaban J connectivity index is 2.35. The first kappa shape index (κ1) is 12.3. The van der Waals surface area contributed by atoms with Crippen LogP contribution < -0.4 is 5.73 Å². The zero-order valence-electron chi connectivity index (χ0n) is 9.38. The highest BCUT2D eigenvalue weighted by Gasteiger charge is 2.07. The van der Waals surface area contributed by atoms with Crippen LogP contribution in [0.1, 0.15) is 4.88 Å². The molecule has 2 N–H and O–H groups in total. The molecule has 0 spiro atoms. The molecule has 2 rings (SSSR count). The molecule has 0 saturated carbocycles. The smallest absolute Gasteiger partial charge is 0.175 e. The SMILES string of the molecule is CS(=O)(=O)c1ccc(-c2ccc(CN)s2)cc1. The van der Waals surface area contributed by atoms with E-state index in [0.29, 0.717) is 11.4 Å². The lowest BCUT2D eigenvalue weighted by molar-refractivity contribution is 0.602. The first-order valence-corrected chi connectivity index (χ1v) is 7.81. The highest BCUT2D eigenvalue weighted by Crippen LogP contribution is 2.28. The fourth-order valence-corrected chi connectivity index (χ4v) is 3.03. The van der Waals surface area contributed by atoms with Crippen molar-refractivity contribution in [3.63, 3.8) is 0 Å². The van der Waals surface area contributed by atoms with Gasteiger partial charge in [-0.15, -0.1) is 11.3 Å². The van der Waals surface area contributed by atoms with E-state index in [1.807, 2.05) is 24.3 Å². The average molecular weight is 267 g/mol.